The summed E-state index contributed by atoms with van der Waals surface area (Å²) in [5.41, 5.74) is 2.98. The number of hydrogen-bond donors (Lipinski definition) is 0. The third kappa shape index (κ3) is 7.23. The number of benzene rings is 1. The zero-order valence-electron chi connectivity index (χ0n) is 18.9. The predicted octanol–water partition coefficient (Wildman–Crippen LogP) is 8.90. The van der Waals surface area contributed by atoms with Gasteiger partial charge in [-0.2, -0.15) is 0 Å². The van der Waals surface area contributed by atoms with Crippen LogP contribution in [0.4, 0.5) is 0 Å². The monoisotopic (exact) mass is 382 g/mol. The molecule has 0 heteroatoms. The minimum Gasteiger partial charge on any atom is -0.0654 e. The van der Waals surface area contributed by atoms with Crippen molar-refractivity contribution in [2.45, 2.75) is 117 Å². The summed E-state index contributed by atoms with van der Waals surface area (Å²) < 4.78 is 0. The molecule has 2 fully saturated rings. The van der Waals surface area contributed by atoms with E-state index in [0.717, 1.165) is 23.7 Å². The first-order chi connectivity index (χ1) is 13.7. The van der Waals surface area contributed by atoms with Gasteiger partial charge in [-0.05, 0) is 49.0 Å². The van der Waals surface area contributed by atoms with Crippen molar-refractivity contribution in [1.29, 1.82) is 0 Å². The third-order valence-corrected chi connectivity index (χ3v) is 8.06. The van der Waals surface area contributed by atoms with Gasteiger partial charge in [-0.3, -0.25) is 0 Å². The molecule has 28 heavy (non-hydrogen) atoms. The maximum Gasteiger partial charge on any atom is -0.0248 e. The molecule has 2 aliphatic rings. The van der Waals surface area contributed by atoms with E-state index in [1.807, 2.05) is 0 Å². The van der Waals surface area contributed by atoms with Crippen LogP contribution >= 0.6 is 0 Å². The van der Waals surface area contributed by atoms with Crippen molar-refractivity contribution in [2.75, 3.05) is 0 Å². The van der Waals surface area contributed by atoms with Gasteiger partial charge < -0.3 is 0 Å². The normalized spacial score (nSPS) is 24.9. The Balaban J connectivity index is 1.47. The van der Waals surface area contributed by atoms with E-state index in [0.29, 0.717) is 0 Å². The van der Waals surface area contributed by atoms with Crippen molar-refractivity contribution in [3.05, 3.63) is 35.4 Å². The van der Waals surface area contributed by atoms with Crippen molar-refractivity contribution < 1.29 is 0 Å². The Morgan fingerprint density at radius 1 is 0.786 bits per heavy atom. The van der Waals surface area contributed by atoms with Gasteiger partial charge in [0, 0.05) is 0 Å². The SMILES string of the molecule is CCCCCC1CCC(CCC(Cc2ccc(C)cc2)C2CCCCC2)CC1. The fourth-order valence-corrected chi connectivity index (χ4v) is 6.08. The molecule has 0 bridgehead atoms. The van der Waals surface area contributed by atoms with Crippen LogP contribution in [0.3, 0.4) is 0 Å². The van der Waals surface area contributed by atoms with E-state index in [9.17, 15) is 0 Å². The number of rotatable bonds is 10. The number of aryl methyl sites for hydroxylation is 1. The molecule has 1 aromatic rings. The first kappa shape index (κ1) is 21.9. The van der Waals surface area contributed by atoms with Gasteiger partial charge in [0.05, 0.1) is 0 Å². The van der Waals surface area contributed by atoms with E-state index in [1.165, 1.54) is 108 Å². The van der Waals surface area contributed by atoms with Gasteiger partial charge >= 0.3 is 0 Å². The van der Waals surface area contributed by atoms with Crippen LogP contribution in [0.25, 0.3) is 0 Å². The Bertz CT molecular complexity index is 513. The minimum absolute atomic E-state index is 0.935. The van der Waals surface area contributed by atoms with Crippen molar-refractivity contribution in [1.82, 2.24) is 0 Å². The van der Waals surface area contributed by atoms with Crippen LogP contribution in [0.15, 0.2) is 24.3 Å². The highest BCUT2D eigenvalue weighted by Gasteiger charge is 2.26. The molecule has 0 nitrogen and oxygen atoms in total. The van der Waals surface area contributed by atoms with Gasteiger partial charge in [0.1, 0.15) is 0 Å². The summed E-state index contributed by atoms with van der Waals surface area (Å²) in [5.74, 6) is 4.03. The molecule has 1 atom stereocenters. The highest BCUT2D eigenvalue weighted by molar-refractivity contribution is 5.21. The summed E-state index contributed by atoms with van der Waals surface area (Å²) in [6.07, 6.45) is 23.7. The predicted molar refractivity (Wildman–Crippen MR) is 124 cm³/mol. The molecule has 2 aliphatic carbocycles. The first-order valence-electron chi connectivity index (χ1n) is 12.8. The molecule has 0 radical (unpaired) electrons. The van der Waals surface area contributed by atoms with Gasteiger partial charge in [-0.25, -0.2) is 0 Å². The van der Waals surface area contributed by atoms with E-state index in [-0.39, 0.29) is 0 Å². The Morgan fingerprint density at radius 2 is 1.43 bits per heavy atom. The van der Waals surface area contributed by atoms with E-state index in [1.54, 1.807) is 5.56 Å². The Kier molecular flexibility index (Phi) is 9.42. The van der Waals surface area contributed by atoms with E-state index >= 15 is 0 Å². The van der Waals surface area contributed by atoms with E-state index in [2.05, 4.69) is 38.1 Å². The van der Waals surface area contributed by atoms with Gasteiger partial charge in [0.15, 0.2) is 0 Å². The fraction of sp³-hybridized carbons (Fsp3) is 0.786. The zero-order chi connectivity index (χ0) is 19.6. The molecule has 1 unspecified atom stereocenters. The van der Waals surface area contributed by atoms with Crippen LogP contribution in [0.5, 0.6) is 0 Å². The van der Waals surface area contributed by atoms with Crippen molar-refractivity contribution in [2.24, 2.45) is 23.7 Å². The summed E-state index contributed by atoms with van der Waals surface area (Å²) in [6, 6.07) is 9.42. The molecule has 3 rings (SSSR count). The molecule has 0 saturated heterocycles. The molecule has 0 aliphatic heterocycles. The van der Waals surface area contributed by atoms with Gasteiger partial charge in [-0.1, -0.05) is 127 Å². The first-order valence-corrected chi connectivity index (χ1v) is 12.8. The van der Waals surface area contributed by atoms with Crippen LogP contribution in [-0.4, -0.2) is 0 Å². The molecule has 2 saturated carbocycles. The van der Waals surface area contributed by atoms with Gasteiger partial charge in [0.25, 0.3) is 0 Å². The lowest BCUT2D eigenvalue weighted by molar-refractivity contribution is 0.196. The minimum atomic E-state index is 0.935. The summed E-state index contributed by atoms with van der Waals surface area (Å²) in [4.78, 5) is 0. The van der Waals surface area contributed by atoms with E-state index < -0.39 is 0 Å². The topological polar surface area (TPSA) is 0 Å². The van der Waals surface area contributed by atoms with Crippen LogP contribution in [0.1, 0.15) is 114 Å². The molecule has 1 aromatic carbocycles. The summed E-state index contributed by atoms with van der Waals surface area (Å²) >= 11 is 0. The maximum absolute atomic E-state index is 2.40. The largest absolute Gasteiger partial charge is 0.0654 e. The molecule has 0 heterocycles. The van der Waals surface area contributed by atoms with Crippen molar-refractivity contribution in [3.63, 3.8) is 0 Å². The molecule has 0 spiro atoms. The second kappa shape index (κ2) is 12.0. The summed E-state index contributed by atoms with van der Waals surface area (Å²) in [5, 5.41) is 0. The van der Waals surface area contributed by atoms with Crippen molar-refractivity contribution >= 4 is 0 Å². The smallest absolute Gasteiger partial charge is 0.0248 e. The number of unbranched alkanes of at least 4 members (excludes halogenated alkanes) is 2. The second-order valence-corrected chi connectivity index (χ2v) is 10.3. The molecule has 158 valence electrons. The lowest BCUT2D eigenvalue weighted by Crippen LogP contribution is -2.22. The molecular weight excluding hydrogens is 336 g/mol. The van der Waals surface area contributed by atoms with Crippen LogP contribution < -0.4 is 0 Å². The standard InChI is InChI=1S/C28H46/c1-3-4-6-9-24-16-18-25(19-17-24)20-21-28(27-10-7-5-8-11-27)22-26-14-12-23(2)13-15-26/h12-15,24-25,27-28H,3-11,16-22H2,1-2H3. The van der Waals surface area contributed by atoms with Gasteiger partial charge in [-0.15, -0.1) is 0 Å². The van der Waals surface area contributed by atoms with Gasteiger partial charge in [0.2, 0.25) is 0 Å². The fourth-order valence-electron chi connectivity index (χ4n) is 6.08. The Labute approximate surface area is 175 Å². The lowest BCUT2D eigenvalue weighted by atomic mass is 9.72. The molecule has 0 aromatic heterocycles. The lowest BCUT2D eigenvalue weighted by Gasteiger charge is -2.33. The Morgan fingerprint density at radius 3 is 2.07 bits per heavy atom. The zero-order valence-corrected chi connectivity index (χ0v) is 18.9. The van der Waals surface area contributed by atoms with Crippen LogP contribution in [0, 0.1) is 30.6 Å². The molecular formula is C28H46. The summed E-state index contributed by atoms with van der Waals surface area (Å²) in [6.45, 7) is 4.54. The van der Waals surface area contributed by atoms with Crippen LogP contribution in [-0.2, 0) is 6.42 Å². The van der Waals surface area contributed by atoms with Crippen LogP contribution in [0.2, 0.25) is 0 Å². The highest BCUT2D eigenvalue weighted by atomic mass is 14.3. The third-order valence-electron chi connectivity index (χ3n) is 8.06. The highest BCUT2D eigenvalue weighted by Crippen LogP contribution is 2.39. The Hall–Kier alpha value is -0.780. The maximum atomic E-state index is 2.40. The average molecular weight is 383 g/mol. The number of hydrogen-bond acceptors (Lipinski definition) is 0. The average Bonchev–Trinajstić information content (AvgIpc) is 2.74. The molecule has 0 N–H and O–H groups in total. The summed E-state index contributed by atoms with van der Waals surface area (Å²) in [7, 11) is 0. The second-order valence-electron chi connectivity index (χ2n) is 10.3. The van der Waals surface area contributed by atoms with E-state index in [4.69, 9.17) is 0 Å². The van der Waals surface area contributed by atoms with Crippen molar-refractivity contribution in [3.8, 4) is 0 Å². The molecule has 0 amide bonds. The quantitative estimate of drug-likeness (QED) is 0.354.